The molecule has 0 fully saturated rings. The summed E-state index contributed by atoms with van der Waals surface area (Å²) in [5.41, 5.74) is 3.59. The monoisotopic (exact) mass is 489 g/mol. The van der Waals surface area contributed by atoms with Gasteiger partial charge in [-0.15, -0.1) is 0 Å². The molecule has 0 saturated heterocycles. The van der Waals surface area contributed by atoms with Crippen LogP contribution in [0.5, 0.6) is 11.6 Å². The molecule has 6 nitrogen and oxygen atoms in total. The number of ether oxygens (including phenoxy) is 2. The molecule has 0 unspecified atom stereocenters. The van der Waals surface area contributed by atoms with Crippen LogP contribution in [0, 0.1) is 12.7 Å². The minimum absolute atomic E-state index is 0.373. The number of aromatic nitrogens is 2. The first kappa shape index (κ1) is 25.6. The third kappa shape index (κ3) is 6.79. The van der Waals surface area contributed by atoms with Crippen LogP contribution in [-0.4, -0.2) is 52.7 Å². The van der Waals surface area contributed by atoms with E-state index in [-0.39, 0.29) is 5.82 Å². The second kappa shape index (κ2) is 12.4. The number of para-hydroxylation sites is 1. The summed E-state index contributed by atoms with van der Waals surface area (Å²) < 4.78 is 27.2. The molecule has 0 radical (unpaired) electrons. The summed E-state index contributed by atoms with van der Waals surface area (Å²) in [6.45, 7) is 4.01. The Morgan fingerprint density at radius 1 is 1.00 bits per heavy atom. The van der Waals surface area contributed by atoms with Crippen LogP contribution in [0.1, 0.15) is 16.8 Å². The molecule has 3 aromatic carbocycles. The third-order valence-electron chi connectivity index (χ3n) is 5.93. The molecule has 0 aliphatic rings. The zero-order valence-electron chi connectivity index (χ0n) is 20.7. The molecule has 1 heterocycles. The van der Waals surface area contributed by atoms with Gasteiger partial charge in [0.15, 0.2) is 0 Å². The summed E-state index contributed by atoms with van der Waals surface area (Å²) in [4.78, 5) is 2.13. The van der Waals surface area contributed by atoms with E-state index in [1.807, 2.05) is 67.6 Å². The van der Waals surface area contributed by atoms with Gasteiger partial charge < -0.3 is 14.6 Å². The number of aliphatic hydroxyl groups is 1. The highest BCUT2D eigenvalue weighted by atomic mass is 19.1. The van der Waals surface area contributed by atoms with E-state index in [0.717, 1.165) is 22.5 Å². The van der Waals surface area contributed by atoms with E-state index < -0.39 is 6.10 Å². The molecule has 0 saturated carbocycles. The number of hydrogen-bond acceptors (Lipinski definition) is 5. The lowest BCUT2D eigenvalue weighted by Gasteiger charge is -2.25. The van der Waals surface area contributed by atoms with Crippen molar-refractivity contribution in [1.82, 2.24) is 14.7 Å². The molecule has 7 heteroatoms. The van der Waals surface area contributed by atoms with Crippen LogP contribution >= 0.6 is 0 Å². The summed E-state index contributed by atoms with van der Waals surface area (Å²) in [5, 5.41) is 15.6. The fourth-order valence-corrected chi connectivity index (χ4v) is 4.14. The average Bonchev–Trinajstić information content (AvgIpc) is 3.18. The maximum absolute atomic E-state index is 13.9. The number of aryl methyl sites for hydroxylation is 1. The van der Waals surface area contributed by atoms with Gasteiger partial charge in [0.1, 0.15) is 11.6 Å². The summed E-state index contributed by atoms with van der Waals surface area (Å²) in [7, 11) is 1.66. The fourth-order valence-electron chi connectivity index (χ4n) is 4.14. The van der Waals surface area contributed by atoms with Gasteiger partial charge in [-0.25, -0.2) is 9.07 Å². The van der Waals surface area contributed by atoms with Crippen LogP contribution in [0.25, 0.3) is 5.69 Å². The molecule has 0 aliphatic heterocycles. The van der Waals surface area contributed by atoms with E-state index in [4.69, 9.17) is 14.6 Å². The first-order valence-corrected chi connectivity index (χ1v) is 12.0. The minimum atomic E-state index is -0.554. The molecular formula is C29H32FN3O3. The van der Waals surface area contributed by atoms with Crippen molar-refractivity contribution in [2.75, 3.05) is 26.8 Å². The number of rotatable bonds is 12. The predicted molar refractivity (Wildman–Crippen MR) is 138 cm³/mol. The summed E-state index contributed by atoms with van der Waals surface area (Å²) in [5.74, 6) is 0.535. The molecular weight excluding hydrogens is 457 g/mol. The first-order valence-electron chi connectivity index (χ1n) is 12.0. The minimum Gasteiger partial charge on any atom is -0.438 e. The van der Waals surface area contributed by atoms with E-state index in [2.05, 4.69) is 4.90 Å². The van der Waals surface area contributed by atoms with Crippen LogP contribution in [0.4, 0.5) is 4.39 Å². The van der Waals surface area contributed by atoms with Gasteiger partial charge in [-0.1, -0.05) is 54.6 Å². The molecule has 36 heavy (non-hydrogen) atoms. The molecule has 1 aromatic heterocycles. The number of benzene rings is 3. The van der Waals surface area contributed by atoms with E-state index in [1.165, 1.54) is 12.1 Å². The fraction of sp³-hybridized carbons (Fsp3) is 0.276. The smallest absolute Gasteiger partial charge is 0.227 e. The lowest BCUT2D eigenvalue weighted by atomic mass is 10.1. The molecule has 4 aromatic rings. The normalized spacial score (nSPS) is 12.1. The van der Waals surface area contributed by atoms with Gasteiger partial charge in [-0.3, -0.25) is 4.90 Å². The van der Waals surface area contributed by atoms with E-state index in [0.29, 0.717) is 44.3 Å². The quantitative estimate of drug-likeness (QED) is 0.298. The molecule has 0 bridgehead atoms. The van der Waals surface area contributed by atoms with Crippen molar-refractivity contribution in [1.29, 1.82) is 0 Å². The van der Waals surface area contributed by atoms with Crippen molar-refractivity contribution in [2.24, 2.45) is 0 Å². The topological polar surface area (TPSA) is 59.8 Å². The maximum Gasteiger partial charge on any atom is 0.227 e. The van der Waals surface area contributed by atoms with Gasteiger partial charge in [-0.05, 0) is 43.2 Å². The first-order chi connectivity index (χ1) is 17.5. The van der Waals surface area contributed by atoms with Crippen LogP contribution in [0.2, 0.25) is 0 Å². The Labute approximate surface area is 211 Å². The summed E-state index contributed by atoms with van der Waals surface area (Å²) >= 11 is 0. The van der Waals surface area contributed by atoms with Gasteiger partial charge in [0.25, 0.3) is 0 Å². The van der Waals surface area contributed by atoms with Crippen molar-refractivity contribution in [3.05, 3.63) is 108 Å². The molecule has 0 spiro atoms. The largest absolute Gasteiger partial charge is 0.438 e. The van der Waals surface area contributed by atoms with Gasteiger partial charge in [0.05, 0.1) is 29.7 Å². The third-order valence-corrected chi connectivity index (χ3v) is 5.93. The van der Waals surface area contributed by atoms with Gasteiger partial charge >= 0.3 is 0 Å². The van der Waals surface area contributed by atoms with Crippen LogP contribution in [-0.2, 0) is 17.7 Å². The molecule has 1 atom stereocenters. The van der Waals surface area contributed by atoms with Crippen molar-refractivity contribution >= 4 is 0 Å². The predicted octanol–water partition coefficient (Wildman–Crippen LogP) is 5.16. The molecule has 4 rings (SSSR count). The molecule has 1 N–H and O–H groups in total. The molecule has 0 aliphatic carbocycles. The van der Waals surface area contributed by atoms with E-state index in [9.17, 15) is 9.50 Å². The Morgan fingerprint density at radius 2 is 1.72 bits per heavy atom. The second-order valence-corrected chi connectivity index (χ2v) is 8.75. The Bertz CT molecular complexity index is 1230. The number of halogens is 1. The zero-order chi connectivity index (χ0) is 25.3. The van der Waals surface area contributed by atoms with Gasteiger partial charge in [0.2, 0.25) is 5.88 Å². The average molecular weight is 490 g/mol. The van der Waals surface area contributed by atoms with Crippen LogP contribution in [0.3, 0.4) is 0 Å². The highest BCUT2D eigenvalue weighted by Gasteiger charge is 2.23. The summed E-state index contributed by atoms with van der Waals surface area (Å²) in [6.07, 6.45) is 0.000457. The maximum atomic E-state index is 13.9. The SMILES string of the molecule is COCCN(Cc1c(C)nn(-c2ccccc2)c1Oc1cccc(F)c1)C[C@@H](O)Cc1ccccc1. The van der Waals surface area contributed by atoms with Crippen LogP contribution < -0.4 is 4.74 Å². The lowest BCUT2D eigenvalue weighted by Crippen LogP contribution is -2.35. The van der Waals surface area contributed by atoms with Crippen molar-refractivity contribution in [2.45, 2.75) is 26.0 Å². The lowest BCUT2D eigenvalue weighted by molar-refractivity contribution is 0.0846. The number of hydrogen-bond donors (Lipinski definition) is 1. The Morgan fingerprint density at radius 3 is 2.42 bits per heavy atom. The van der Waals surface area contributed by atoms with Gasteiger partial charge in [0, 0.05) is 32.8 Å². The second-order valence-electron chi connectivity index (χ2n) is 8.75. The highest BCUT2D eigenvalue weighted by Crippen LogP contribution is 2.32. The Balaban J connectivity index is 1.63. The summed E-state index contributed by atoms with van der Waals surface area (Å²) in [6, 6.07) is 25.7. The van der Waals surface area contributed by atoms with E-state index >= 15 is 0 Å². The van der Waals surface area contributed by atoms with Gasteiger partial charge in [-0.2, -0.15) is 5.10 Å². The van der Waals surface area contributed by atoms with Crippen molar-refractivity contribution in [3.63, 3.8) is 0 Å². The highest BCUT2D eigenvalue weighted by molar-refractivity contribution is 5.43. The molecule has 0 amide bonds. The number of aliphatic hydroxyl groups excluding tert-OH is 1. The van der Waals surface area contributed by atoms with E-state index in [1.54, 1.807) is 23.9 Å². The number of nitrogens with zero attached hydrogens (tertiary/aromatic N) is 3. The zero-order valence-corrected chi connectivity index (χ0v) is 20.7. The number of methoxy groups -OCH3 is 1. The standard InChI is InChI=1S/C29H32FN3O3/c1-22-28(21-32(16-17-35-2)20-26(34)18-23-10-5-3-6-11-23)29(36-27-15-9-12-24(30)19-27)33(31-22)25-13-7-4-8-14-25/h3-15,19,26,34H,16-18,20-21H2,1-2H3/t26-/m0/s1. The van der Waals surface area contributed by atoms with Crippen molar-refractivity contribution < 1.29 is 19.0 Å². The van der Waals surface area contributed by atoms with Crippen molar-refractivity contribution in [3.8, 4) is 17.3 Å². The molecule has 188 valence electrons. The Kier molecular flexibility index (Phi) is 8.84. The Hall–Kier alpha value is -3.52. The van der Waals surface area contributed by atoms with Crippen LogP contribution in [0.15, 0.2) is 84.9 Å².